The molecule has 0 atom stereocenters. The van der Waals surface area contributed by atoms with Gasteiger partial charge in [0.1, 0.15) is 11.5 Å². The van der Waals surface area contributed by atoms with Crippen LogP contribution in [0.2, 0.25) is 0 Å². The second-order valence-electron chi connectivity index (χ2n) is 5.73. The van der Waals surface area contributed by atoms with Gasteiger partial charge in [-0.3, -0.25) is 0 Å². The Morgan fingerprint density at radius 1 is 1.04 bits per heavy atom. The van der Waals surface area contributed by atoms with E-state index in [9.17, 15) is 0 Å². The van der Waals surface area contributed by atoms with E-state index >= 15 is 0 Å². The van der Waals surface area contributed by atoms with E-state index < -0.39 is 0 Å². The number of benzene rings is 2. The minimum Gasteiger partial charge on any atom is -0.497 e. The highest BCUT2D eigenvalue weighted by atomic mass is 32.2. The predicted octanol–water partition coefficient (Wildman–Crippen LogP) is 5.17. The molecule has 6 nitrogen and oxygen atoms in total. The topological polar surface area (TPSA) is 70.3 Å². The highest BCUT2D eigenvalue weighted by molar-refractivity contribution is 8.00. The summed E-state index contributed by atoms with van der Waals surface area (Å²) in [5.41, 5.74) is 2.84. The van der Waals surface area contributed by atoms with E-state index in [0.29, 0.717) is 29.0 Å². The average molecular weight is 412 g/mol. The minimum absolute atomic E-state index is 0.485. The lowest BCUT2D eigenvalue weighted by atomic mass is 10.2. The van der Waals surface area contributed by atoms with E-state index in [0.717, 1.165) is 21.2 Å². The largest absolute Gasteiger partial charge is 0.497 e. The molecule has 142 valence electrons. The molecule has 8 heteroatoms. The fourth-order valence-electron chi connectivity index (χ4n) is 2.59. The van der Waals surface area contributed by atoms with E-state index in [1.807, 2.05) is 30.3 Å². The lowest BCUT2D eigenvalue weighted by Gasteiger charge is -2.07. The first kappa shape index (κ1) is 18.5. The van der Waals surface area contributed by atoms with Crippen LogP contribution in [0.25, 0.3) is 22.6 Å². The lowest BCUT2D eigenvalue weighted by Crippen LogP contribution is -1.91. The van der Waals surface area contributed by atoms with Gasteiger partial charge in [-0.15, -0.1) is 11.3 Å². The van der Waals surface area contributed by atoms with Gasteiger partial charge in [-0.25, -0.2) is 4.98 Å². The van der Waals surface area contributed by atoms with Gasteiger partial charge < -0.3 is 14.0 Å². The first-order chi connectivity index (χ1) is 13.8. The summed E-state index contributed by atoms with van der Waals surface area (Å²) >= 11 is 3.18. The third-order valence-electron chi connectivity index (χ3n) is 3.99. The van der Waals surface area contributed by atoms with Crippen LogP contribution in [0.5, 0.6) is 11.5 Å². The normalized spacial score (nSPS) is 10.8. The van der Waals surface area contributed by atoms with Gasteiger partial charge in [-0.1, -0.05) is 47.3 Å². The number of thioether (sulfide) groups is 1. The van der Waals surface area contributed by atoms with Crippen molar-refractivity contribution in [1.82, 2.24) is 15.1 Å². The molecule has 28 heavy (non-hydrogen) atoms. The van der Waals surface area contributed by atoms with Crippen LogP contribution in [-0.2, 0) is 5.75 Å². The van der Waals surface area contributed by atoms with E-state index in [2.05, 4.69) is 32.6 Å². The molecule has 0 fully saturated rings. The number of methoxy groups -OCH3 is 2. The summed E-state index contributed by atoms with van der Waals surface area (Å²) in [7, 11) is 3.21. The first-order valence-corrected chi connectivity index (χ1v) is 10.3. The summed E-state index contributed by atoms with van der Waals surface area (Å²) < 4.78 is 17.0. The Hall–Kier alpha value is -2.84. The van der Waals surface area contributed by atoms with Crippen molar-refractivity contribution < 1.29 is 14.0 Å². The maximum atomic E-state index is 5.41. The molecule has 2 aromatic carbocycles. The maximum absolute atomic E-state index is 5.41. The van der Waals surface area contributed by atoms with Gasteiger partial charge in [0.05, 0.1) is 31.2 Å². The standard InChI is InChI=1S/C20H17N3O3S2/c1-24-14-8-9-15(17(10-14)25-2)19-22-18(26-23-19)12-28-20-21-16(11-27-20)13-6-4-3-5-7-13/h3-11H,12H2,1-2H3. The SMILES string of the molecule is COc1ccc(-c2noc(CSc3nc(-c4ccccc4)cs3)n2)c(OC)c1. The van der Waals surface area contributed by atoms with Crippen LogP contribution in [0.4, 0.5) is 0 Å². The molecule has 0 saturated carbocycles. The quantitative estimate of drug-likeness (QED) is 0.389. The van der Waals surface area contributed by atoms with E-state index in [-0.39, 0.29) is 0 Å². The van der Waals surface area contributed by atoms with Crippen molar-refractivity contribution in [2.45, 2.75) is 10.1 Å². The van der Waals surface area contributed by atoms with E-state index in [1.54, 1.807) is 43.4 Å². The number of hydrogen-bond donors (Lipinski definition) is 0. The van der Waals surface area contributed by atoms with Gasteiger partial charge >= 0.3 is 0 Å². The Labute approximate surface area is 170 Å². The van der Waals surface area contributed by atoms with Crippen molar-refractivity contribution in [3.8, 4) is 34.1 Å². The third kappa shape index (κ3) is 4.02. The summed E-state index contributed by atoms with van der Waals surface area (Å²) in [4.78, 5) is 9.15. The minimum atomic E-state index is 0.485. The molecule has 0 aliphatic rings. The molecule has 2 heterocycles. The first-order valence-electron chi connectivity index (χ1n) is 8.45. The lowest BCUT2D eigenvalue weighted by molar-refractivity contribution is 0.388. The molecule has 4 rings (SSSR count). The van der Waals surface area contributed by atoms with Gasteiger partial charge in [0.2, 0.25) is 11.7 Å². The van der Waals surface area contributed by atoms with Crippen molar-refractivity contribution in [2.75, 3.05) is 14.2 Å². The molecule has 0 saturated heterocycles. The Balaban J connectivity index is 1.45. The summed E-state index contributed by atoms with van der Waals surface area (Å²) in [5, 5.41) is 6.13. The number of thiazole rings is 1. The van der Waals surface area contributed by atoms with E-state index in [4.69, 9.17) is 14.0 Å². The molecule has 0 radical (unpaired) electrons. The highest BCUT2D eigenvalue weighted by Crippen LogP contribution is 2.33. The Kier molecular flexibility index (Phi) is 5.59. The van der Waals surface area contributed by atoms with Crippen LogP contribution in [0.1, 0.15) is 5.89 Å². The third-order valence-corrected chi connectivity index (χ3v) is 6.00. The highest BCUT2D eigenvalue weighted by Gasteiger charge is 2.15. The molecule has 0 spiro atoms. The Morgan fingerprint density at radius 2 is 1.89 bits per heavy atom. The molecule has 0 unspecified atom stereocenters. The summed E-state index contributed by atoms with van der Waals surface area (Å²) in [5.74, 6) is 2.91. The number of rotatable bonds is 7. The van der Waals surface area contributed by atoms with Crippen LogP contribution in [0.3, 0.4) is 0 Å². The molecule has 0 amide bonds. The van der Waals surface area contributed by atoms with Crippen LogP contribution >= 0.6 is 23.1 Å². The number of ether oxygens (including phenoxy) is 2. The zero-order valence-corrected chi connectivity index (χ0v) is 16.9. The fourth-order valence-corrected chi connectivity index (χ4v) is 4.27. The number of aromatic nitrogens is 3. The monoisotopic (exact) mass is 411 g/mol. The van der Waals surface area contributed by atoms with Crippen molar-refractivity contribution in [3.05, 3.63) is 59.8 Å². The van der Waals surface area contributed by atoms with Crippen molar-refractivity contribution in [3.63, 3.8) is 0 Å². The molecule has 4 aromatic rings. The van der Waals surface area contributed by atoms with Gasteiger partial charge in [0.25, 0.3) is 0 Å². The zero-order chi connectivity index (χ0) is 19.3. The van der Waals surface area contributed by atoms with Crippen molar-refractivity contribution in [2.24, 2.45) is 0 Å². The Bertz CT molecular complexity index is 1060. The summed E-state index contributed by atoms with van der Waals surface area (Å²) in [6.45, 7) is 0. The molecule has 0 aliphatic heterocycles. The molecule has 0 aliphatic carbocycles. The van der Waals surface area contributed by atoms with Gasteiger partial charge in [-0.05, 0) is 12.1 Å². The van der Waals surface area contributed by atoms with Crippen LogP contribution in [0.15, 0.2) is 62.8 Å². The van der Waals surface area contributed by atoms with E-state index in [1.165, 1.54) is 0 Å². The molecular weight excluding hydrogens is 394 g/mol. The second-order valence-corrected chi connectivity index (χ2v) is 7.81. The molecule has 0 N–H and O–H groups in total. The summed E-state index contributed by atoms with van der Waals surface area (Å²) in [6.07, 6.45) is 0. The van der Waals surface area contributed by atoms with Crippen LogP contribution in [0, 0.1) is 0 Å². The molecular formula is C20H17N3O3S2. The van der Waals surface area contributed by atoms with Gasteiger partial charge in [0.15, 0.2) is 4.34 Å². The zero-order valence-electron chi connectivity index (χ0n) is 15.3. The van der Waals surface area contributed by atoms with Gasteiger partial charge in [0, 0.05) is 17.0 Å². The van der Waals surface area contributed by atoms with Crippen molar-refractivity contribution in [1.29, 1.82) is 0 Å². The maximum Gasteiger partial charge on any atom is 0.237 e. The fraction of sp³-hybridized carbons (Fsp3) is 0.150. The van der Waals surface area contributed by atoms with Crippen LogP contribution < -0.4 is 9.47 Å². The smallest absolute Gasteiger partial charge is 0.237 e. The van der Waals surface area contributed by atoms with Crippen LogP contribution in [-0.4, -0.2) is 29.3 Å². The molecule has 0 bridgehead atoms. The Morgan fingerprint density at radius 3 is 2.68 bits per heavy atom. The summed E-state index contributed by atoms with van der Waals surface area (Å²) in [6, 6.07) is 15.6. The average Bonchev–Trinajstić information content (AvgIpc) is 3.42. The second kappa shape index (κ2) is 8.45. The number of nitrogens with zero attached hydrogens (tertiary/aromatic N) is 3. The predicted molar refractivity (Wildman–Crippen MR) is 110 cm³/mol. The van der Waals surface area contributed by atoms with Gasteiger partial charge in [-0.2, -0.15) is 4.98 Å². The van der Waals surface area contributed by atoms with Crippen molar-refractivity contribution >= 4 is 23.1 Å². The number of hydrogen-bond acceptors (Lipinski definition) is 8. The molecule has 2 aromatic heterocycles.